The summed E-state index contributed by atoms with van der Waals surface area (Å²) < 4.78 is 15.7. The molecule has 1 N–H and O–H groups in total. The Bertz CT molecular complexity index is 351. The smallest absolute Gasteiger partial charge is 0.147 e. The van der Waals surface area contributed by atoms with E-state index in [-0.39, 0.29) is 6.10 Å². The summed E-state index contributed by atoms with van der Waals surface area (Å²) in [6, 6.07) is 8.43. The van der Waals surface area contributed by atoms with Crippen molar-refractivity contribution >= 4 is 0 Å². The normalized spacial score (nSPS) is 19.9. The molecule has 1 heterocycles. The Hall–Kier alpha value is -0.940. The highest BCUT2D eigenvalue weighted by Crippen LogP contribution is 2.08. The Morgan fingerprint density at radius 3 is 3.06 bits per heavy atom. The molecule has 1 aromatic carbocycles. The van der Waals surface area contributed by atoms with Crippen molar-refractivity contribution in [3.63, 3.8) is 0 Å². The van der Waals surface area contributed by atoms with Gasteiger partial charge in [0.25, 0.3) is 0 Å². The van der Waals surface area contributed by atoms with Crippen molar-refractivity contribution in [2.75, 3.05) is 27.1 Å². The van der Waals surface area contributed by atoms with Gasteiger partial charge in [-0.05, 0) is 17.5 Å². The van der Waals surface area contributed by atoms with Crippen LogP contribution < -0.4 is 5.32 Å². The van der Waals surface area contributed by atoms with E-state index in [1.54, 1.807) is 7.11 Å². The van der Waals surface area contributed by atoms with Crippen molar-refractivity contribution in [3.8, 4) is 0 Å². The van der Waals surface area contributed by atoms with Crippen molar-refractivity contribution in [2.24, 2.45) is 0 Å². The minimum Gasteiger partial charge on any atom is -0.380 e. The molecule has 0 radical (unpaired) electrons. The van der Waals surface area contributed by atoms with Crippen LogP contribution in [0.15, 0.2) is 24.3 Å². The second kappa shape index (κ2) is 7.48. The molecule has 1 saturated heterocycles. The molecule has 0 aromatic heterocycles. The number of hydrogen-bond acceptors (Lipinski definition) is 4. The molecule has 1 unspecified atom stereocenters. The Labute approximate surface area is 108 Å². The fourth-order valence-electron chi connectivity index (χ4n) is 2.04. The Kier molecular flexibility index (Phi) is 5.61. The van der Waals surface area contributed by atoms with Crippen molar-refractivity contribution in [1.29, 1.82) is 0 Å². The Morgan fingerprint density at radius 2 is 2.28 bits per heavy atom. The van der Waals surface area contributed by atoms with Crippen LogP contribution in [0.25, 0.3) is 0 Å². The van der Waals surface area contributed by atoms with Crippen LogP contribution in [0.3, 0.4) is 0 Å². The maximum Gasteiger partial charge on any atom is 0.147 e. The van der Waals surface area contributed by atoms with Crippen LogP contribution in [0.5, 0.6) is 0 Å². The van der Waals surface area contributed by atoms with Crippen LogP contribution in [0.1, 0.15) is 17.5 Å². The molecule has 0 amide bonds. The zero-order valence-corrected chi connectivity index (χ0v) is 10.9. The van der Waals surface area contributed by atoms with Crippen molar-refractivity contribution in [3.05, 3.63) is 35.4 Å². The van der Waals surface area contributed by atoms with E-state index < -0.39 is 0 Å². The monoisotopic (exact) mass is 251 g/mol. The number of hydrogen-bond donors (Lipinski definition) is 1. The van der Waals surface area contributed by atoms with Gasteiger partial charge in [-0.3, -0.25) is 0 Å². The van der Waals surface area contributed by atoms with Gasteiger partial charge in [0.15, 0.2) is 0 Å². The van der Waals surface area contributed by atoms with Crippen molar-refractivity contribution in [2.45, 2.75) is 25.7 Å². The zero-order valence-electron chi connectivity index (χ0n) is 10.9. The van der Waals surface area contributed by atoms with Gasteiger partial charge in [0.1, 0.15) is 6.79 Å². The molecule has 2 rings (SSSR count). The van der Waals surface area contributed by atoms with Gasteiger partial charge in [-0.15, -0.1) is 0 Å². The van der Waals surface area contributed by atoms with E-state index in [9.17, 15) is 0 Å². The van der Waals surface area contributed by atoms with E-state index >= 15 is 0 Å². The average Bonchev–Trinajstić information content (AvgIpc) is 2.41. The van der Waals surface area contributed by atoms with Crippen LogP contribution in [-0.4, -0.2) is 33.2 Å². The molecule has 1 atom stereocenters. The van der Waals surface area contributed by atoms with E-state index in [0.29, 0.717) is 13.4 Å². The second-order valence-electron chi connectivity index (χ2n) is 4.49. The molecular formula is C14H21NO3. The first-order valence-corrected chi connectivity index (χ1v) is 6.35. The van der Waals surface area contributed by atoms with Gasteiger partial charge < -0.3 is 19.5 Å². The first-order chi connectivity index (χ1) is 8.88. The number of methoxy groups -OCH3 is 1. The molecular weight excluding hydrogens is 230 g/mol. The van der Waals surface area contributed by atoms with Crippen LogP contribution in [0.4, 0.5) is 0 Å². The quantitative estimate of drug-likeness (QED) is 0.835. The summed E-state index contributed by atoms with van der Waals surface area (Å²) in [6.07, 6.45) is 1.25. The molecule has 100 valence electrons. The SMILES string of the molecule is COCc1cccc(CNCC2CCOCO2)c1. The lowest BCUT2D eigenvalue weighted by atomic mass is 10.1. The number of rotatable bonds is 6. The maximum absolute atomic E-state index is 5.47. The van der Waals surface area contributed by atoms with Gasteiger partial charge in [0, 0.05) is 20.2 Å². The third-order valence-corrected chi connectivity index (χ3v) is 2.97. The molecule has 1 fully saturated rings. The van der Waals surface area contributed by atoms with Crippen molar-refractivity contribution in [1.82, 2.24) is 5.32 Å². The lowest BCUT2D eigenvalue weighted by Gasteiger charge is -2.23. The second-order valence-corrected chi connectivity index (χ2v) is 4.49. The third-order valence-electron chi connectivity index (χ3n) is 2.97. The minimum atomic E-state index is 0.279. The average molecular weight is 251 g/mol. The molecule has 0 spiro atoms. The number of ether oxygens (including phenoxy) is 3. The lowest BCUT2D eigenvalue weighted by molar-refractivity contribution is -0.137. The van der Waals surface area contributed by atoms with Crippen LogP contribution >= 0.6 is 0 Å². The summed E-state index contributed by atoms with van der Waals surface area (Å²) in [6.45, 7) is 3.62. The molecule has 1 aliphatic rings. The summed E-state index contributed by atoms with van der Waals surface area (Å²) in [5, 5.41) is 3.42. The molecule has 0 aliphatic carbocycles. The summed E-state index contributed by atoms with van der Waals surface area (Å²) >= 11 is 0. The summed E-state index contributed by atoms with van der Waals surface area (Å²) in [4.78, 5) is 0. The molecule has 0 saturated carbocycles. The van der Waals surface area contributed by atoms with Crippen LogP contribution in [0.2, 0.25) is 0 Å². The summed E-state index contributed by atoms with van der Waals surface area (Å²) in [5.41, 5.74) is 2.48. The highest BCUT2D eigenvalue weighted by Gasteiger charge is 2.13. The molecule has 4 heteroatoms. The number of nitrogens with one attached hydrogen (secondary N) is 1. The predicted octanol–water partition coefficient (Wildman–Crippen LogP) is 1.69. The van der Waals surface area contributed by atoms with Gasteiger partial charge in [-0.25, -0.2) is 0 Å². The minimum absolute atomic E-state index is 0.279. The highest BCUT2D eigenvalue weighted by atomic mass is 16.7. The van der Waals surface area contributed by atoms with Gasteiger partial charge >= 0.3 is 0 Å². The standard InChI is InChI=1S/C14H21NO3/c1-16-10-13-4-2-3-12(7-13)8-15-9-14-5-6-17-11-18-14/h2-4,7,14-15H,5-6,8-11H2,1H3. The predicted molar refractivity (Wildman–Crippen MR) is 69.2 cm³/mol. The number of benzene rings is 1. The maximum atomic E-state index is 5.47. The van der Waals surface area contributed by atoms with Gasteiger partial charge in [-0.2, -0.15) is 0 Å². The third kappa shape index (κ3) is 4.38. The van der Waals surface area contributed by atoms with Crippen LogP contribution in [0, 0.1) is 0 Å². The van der Waals surface area contributed by atoms with Gasteiger partial charge in [0.05, 0.1) is 19.3 Å². The fourth-order valence-corrected chi connectivity index (χ4v) is 2.04. The summed E-state index contributed by atoms with van der Waals surface area (Å²) in [5.74, 6) is 0. The van der Waals surface area contributed by atoms with Gasteiger partial charge in [0.2, 0.25) is 0 Å². The molecule has 0 bridgehead atoms. The van der Waals surface area contributed by atoms with E-state index in [2.05, 4.69) is 29.6 Å². The zero-order chi connectivity index (χ0) is 12.6. The van der Waals surface area contributed by atoms with Crippen molar-refractivity contribution < 1.29 is 14.2 Å². The molecule has 1 aromatic rings. The van der Waals surface area contributed by atoms with E-state index in [1.807, 2.05) is 0 Å². The fraction of sp³-hybridized carbons (Fsp3) is 0.571. The Morgan fingerprint density at radius 1 is 1.39 bits per heavy atom. The summed E-state index contributed by atoms with van der Waals surface area (Å²) in [7, 11) is 1.72. The topological polar surface area (TPSA) is 39.7 Å². The highest BCUT2D eigenvalue weighted by molar-refractivity contribution is 5.22. The van der Waals surface area contributed by atoms with E-state index in [1.165, 1.54) is 11.1 Å². The lowest BCUT2D eigenvalue weighted by Crippen LogP contribution is -2.33. The van der Waals surface area contributed by atoms with E-state index in [0.717, 1.165) is 26.1 Å². The Balaban J connectivity index is 1.73. The van der Waals surface area contributed by atoms with Crippen LogP contribution in [-0.2, 0) is 27.4 Å². The molecule has 18 heavy (non-hydrogen) atoms. The van der Waals surface area contributed by atoms with E-state index in [4.69, 9.17) is 14.2 Å². The van der Waals surface area contributed by atoms with Gasteiger partial charge in [-0.1, -0.05) is 24.3 Å². The molecule has 4 nitrogen and oxygen atoms in total. The largest absolute Gasteiger partial charge is 0.380 e. The molecule has 1 aliphatic heterocycles. The first-order valence-electron chi connectivity index (χ1n) is 6.35. The first kappa shape index (κ1) is 13.5.